The predicted octanol–water partition coefficient (Wildman–Crippen LogP) is 1.63. The Morgan fingerprint density at radius 2 is 1.91 bits per heavy atom. The van der Waals surface area contributed by atoms with Gasteiger partial charge in [-0.1, -0.05) is 46.6 Å². The molecule has 0 saturated carbocycles. The smallest absolute Gasteiger partial charge is 0.358 e. The number of thioether (sulfide) groups is 3. The lowest BCUT2D eigenvalue weighted by Gasteiger charge is -2.49. The van der Waals surface area contributed by atoms with Crippen LogP contribution >= 0.6 is 58.2 Å². The topological polar surface area (TPSA) is 255 Å². The Labute approximate surface area is 278 Å². The molecule has 0 radical (unpaired) electrons. The van der Waals surface area contributed by atoms with E-state index >= 15 is 0 Å². The van der Waals surface area contributed by atoms with Gasteiger partial charge in [0.2, 0.25) is 0 Å². The summed E-state index contributed by atoms with van der Waals surface area (Å²) in [5.74, 6) is -5.75. The SMILES string of the molecule is Nc1nc(/C(=N/OC(Sc2ccccc2)C(=O)O)C(=O)NC2C(=O)N3C(C(=O)O)=C(CSc4s[nH]c(=O)c4C(=O)O)CSC23)cs1. The van der Waals surface area contributed by atoms with Gasteiger partial charge in [-0.05, 0) is 17.7 Å². The lowest BCUT2D eigenvalue weighted by atomic mass is 10.0. The number of oxime groups is 1. The van der Waals surface area contributed by atoms with Gasteiger partial charge in [0.15, 0.2) is 16.4 Å². The molecule has 21 heteroatoms. The van der Waals surface area contributed by atoms with Crippen molar-refractivity contribution in [1.82, 2.24) is 19.6 Å². The van der Waals surface area contributed by atoms with Crippen molar-refractivity contribution in [1.29, 1.82) is 0 Å². The number of thiazole rings is 1. The molecular formula is C25H20N6O10S5. The Kier molecular flexibility index (Phi) is 10.1. The monoisotopic (exact) mass is 724 g/mol. The Morgan fingerprint density at radius 1 is 1.17 bits per heavy atom. The van der Waals surface area contributed by atoms with Gasteiger partial charge in [0, 0.05) is 21.8 Å². The Hall–Kier alpha value is -4.31. The minimum Gasteiger partial charge on any atom is -0.478 e. The number of carbonyl (C=O) groups is 5. The fourth-order valence-electron chi connectivity index (χ4n) is 4.17. The number of nitrogens with two attached hydrogens (primary N) is 1. The average Bonchev–Trinajstić information content (AvgIpc) is 3.62. The van der Waals surface area contributed by atoms with Crippen molar-refractivity contribution in [2.24, 2.45) is 5.16 Å². The molecule has 4 heterocycles. The van der Waals surface area contributed by atoms with Crippen LogP contribution in [0.25, 0.3) is 0 Å². The summed E-state index contributed by atoms with van der Waals surface area (Å²) in [6, 6.07) is 7.32. The van der Waals surface area contributed by atoms with Crippen LogP contribution in [-0.4, -0.2) is 93.4 Å². The van der Waals surface area contributed by atoms with E-state index < -0.39 is 63.4 Å². The minimum absolute atomic E-state index is 0.0125. The second-order valence-electron chi connectivity index (χ2n) is 9.13. The highest BCUT2D eigenvalue weighted by molar-refractivity contribution is 8.02. The number of aliphatic carboxylic acids is 2. The average molecular weight is 725 g/mol. The van der Waals surface area contributed by atoms with E-state index in [0.29, 0.717) is 10.5 Å². The number of carbonyl (C=O) groups excluding carboxylic acids is 2. The first kappa shape index (κ1) is 33.1. The molecule has 2 aliphatic rings. The summed E-state index contributed by atoms with van der Waals surface area (Å²) in [6.45, 7) is 0. The Balaban J connectivity index is 1.33. The minimum atomic E-state index is -1.55. The highest BCUT2D eigenvalue weighted by atomic mass is 32.2. The van der Waals surface area contributed by atoms with E-state index in [0.717, 1.165) is 51.3 Å². The zero-order valence-corrected chi connectivity index (χ0v) is 26.9. The normalized spacial score (nSPS) is 18.4. The molecule has 0 spiro atoms. The third kappa shape index (κ3) is 6.92. The van der Waals surface area contributed by atoms with Gasteiger partial charge < -0.3 is 31.2 Å². The number of aromatic carboxylic acids is 1. The molecule has 3 atom stereocenters. The number of β-lactam (4-membered cyclic amide) rings is 1. The summed E-state index contributed by atoms with van der Waals surface area (Å²) < 4.78 is 2.49. The number of fused-ring (bicyclic) bond motifs is 1. The van der Waals surface area contributed by atoms with E-state index in [9.17, 15) is 44.1 Å². The van der Waals surface area contributed by atoms with Gasteiger partial charge in [-0.3, -0.25) is 23.7 Å². The Bertz CT molecular complexity index is 1840. The summed E-state index contributed by atoms with van der Waals surface area (Å²) in [5, 5.41) is 35.9. The van der Waals surface area contributed by atoms with Gasteiger partial charge in [-0.2, -0.15) is 0 Å². The van der Waals surface area contributed by atoms with Crippen LogP contribution in [0.4, 0.5) is 5.13 Å². The predicted molar refractivity (Wildman–Crippen MR) is 170 cm³/mol. The molecule has 1 saturated heterocycles. The van der Waals surface area contributed by atoms with Crippen LogP contribution in [-0.2, 0) is 24.0 Å². The molecule has 1 fully saturated rings. The Morgan fingerprint density at radius 3 is 2.54 bits per heavy atom. The number of hydrogen-bond donors (Lipinski definition) is 6. The third-order valence-corrected chi connectivity index (χ3v) is 11.5. The van der Waals surface area contributed by atoms with Crippen molar-refractivity contribution in [3.05, 3.63) is 68.6 Å². The van der Waals surface area contributed by atoms with Crippen LogP contribution < -0.4 is 16.6 Å². The molecule has 240 valence electrons. The molecule has 2 aliphatic heterocycles. The molecule has 0 bridgehead atoms. The molecule has 1 aromatic carbocycles. The van der Waals surface area contributed by atoms with Crippen molar-refractivity contribution >= 4 is 98.7 Å². The van der Waals surface area contributed by atoms with Crippen LogP contribution in [0, 0.1) is 0 Å². The first-order chi connectivity index (χ1) is 22.0. The number of H-pyrrole nitrogens is 1. The van der Waals surface area contributed by atoms with Gasteiger partial charge in [-0.15, -0.1) is 34.9 Å². The highest BCUT2D eigenvalue weighted by Crippen LogP contribution is 2.42. The number of nitrogen functional groups attached to an aromatic ring is 1. The van der Waals surface area contributed by atoms with Crippen molar-refractivity contribution in [3.8, 4) is 0 Å². The molecule has 5 rings (SSSR count). The number of hydrogen-bond acceptors (Lipinski definition) is 15. The van der Waals surface area contributed by atoms with Crippen molar-refractivity contribution in [2.75, 3.05) is 17.2 Å². The number of benzene rings is 1. The summed E-state index contributed by atoms with van der Waals surface area (Å²) in [6.07, 6.45) is 0. The first-order valence-corrected chi connectivity index (χ1v) is 17.2. The molecular weight excluding hydrogens is 705 g/mol. The van der Waals surface area contributed by atoms with Crippen LogP contribution in [0.5, 0.6) is 0 Å². The van der Waals surface area contributed by atoms with Crippen LogP contribution in [0.2, 0.25) is 0 Å². The molecule has 2 amide bonds. The van der Waals surface area contributed by atoms with Crippen molar-refractivity contribution < 1.29 is 44.1 Å². The molecule has 2 aromatic heterocycles. The lowest BCUT2D eigenvalue weighted by molar-refractivity contribution is -0.150. The summed E-state index contributed by atoms with van der Waals surface area (Å²) in [4.78, 5) is 84.8. The van der Waals surface area contributed by atoms with Crippen LogP contribution in [0.3, 0.4) is 0 Å². The summed E-state index contributed by atoms with van der Waals surface area (Å²) in [5.41, 5.74) is 2.47. The zero-order chi connectivity index (χ0) is 33.1. The van der Waals surface area contributed by atoms with E-state index in [1.165, 1.54) is 17.1 Å². The summed E-state index contributed by atoms with van der Waals surface area (Å²) >= 11 is 4.75. The molecule has 46 heavy (non-hydrogen) atoms. The number of carboxylic acids is 3. The van der Waals surface area contributed by atoms with Gasteiger partial charge in [0.05, 0.1) is 4.21 Å². The number of carboxylic acid groups (broad SMARTS) is 3. The fourth-order valence-corrected chi connectivity index (χ4v) is 8.92. The number of nitrogens with zero attached hydrogens (tertiary/aromatic N) is 3. The molecule has 3 aromatic rings. The number of anilines is 1. The van der Waals surface area contributed by atoms with Gasteiger partial charge >= 0.3 is 17.9 Å². The van der Waals surface area contributed by atoms with E-state index in [1.54, 1.807) is 30.3 Å². The molecule has 3 unspecified atom stereocenters. The number of amides is 2. The maximum absolute atomic E-state index is 13.4. The van der Waals surface area contributed by atoms with Crippen LogP contribution in [0.1, 0.15) is 16.1 Å². The molecule has 0 aliphatic carbocycles. The van der Waals surface area contributed by atoms with Gasteiger partial charge in [-0.25, -0.2) is 19.4 Å². The standard InChI is InChI=1S/C25H20N6O10S5/c26-25-27-11(8-44-25)13(29-41-23(22(39)40)45-10-4-2-1-3-5-10)17(33)28-14-18(34)31-15(21(37)38)9(6-42-19(14)31)7-43-24-12(20(35)36)16(32)30-46-24/h1-5,8,14,19,23H,6-7H2,(H2,26,27)(H,28,33)(H,30,32)(H,35,36)(H,37,38)(H,39,40)/b29-13-. The maximum atomic E-state index is 13.4. The van der Waals surface area contributed by atoms with E-state index in [4.69, 9.17) is 10.6 Å². The molecule has 16 nitrogen and oxygen atoms in total. The van der Waals surface area contributed by atoms with E-state index in [-0.39, 0.29) is 32.2 Å². The zero-order valence-electron chi connectivity index (χ0n) is 22.8. The number of rotatable bonds is 13. The third-order valence-electron chi connectivity index (χ3n) is 6.20. The van der Waals surface area contributed by atoms with Crippen LogP contribution in [0.15, 0.2) is 66.0 Å². The fraction of sp³-hybridized carbons (Fsp3) is 0.200. The highest BCUT2D eigenvalue weighted by Gasteiger charge is 2.54. The van der Waals surface area contributed by atoms with Crippen molar-refractivity contribution in [3.63, 3.8) is 0 Å². The maximum Gasteiger partial charge on any atom is 0.358 e. The van der Waals surface area contributed by atoms with Gasteiger partial charge in [0.1, 0.15) is 22.8 Å². The first-order valence-electron chi connectivity index (χ1n) is 12.6. The second kappa shape index (κ2) is 14.0. The number of aromatic nitrogens is 2. The largest absolute Gasteiger partial charge is 0.478 e. The lowest BCUT2D eigenvalue weighted by Crippen LogP contribution is -2.71. The quantitative estimate of drug-likeness (QED) is 0.0482. The summed E-state index contributed by atoms with van der Waals surface area (Å²) in [7, 11) is 0. The second-order valence-corrected chi connectivity index (χ2v) is 14.3. The van der Waals surface area contributed by atoms with Gasteiger partial charge in [0.25, 0.3) is 22.8 Å². The van der Waals surface area contributed by atoms with Crippen molar-refractivity contribution in [2.45, 2.75) is 26.0 Å². The number of nitrogens with one attached hydrogen (secondary N) is 2. The van der Waals surface area contributed by atoms with E-state index in [2.05, 4.69) is 19.8 Å². The number of aromatic amines is 1. The van der Waals surface area contributed by atoms with E-state index in [1.807, 2.05) is 0 Å². The molecule has 7 N–H and O–H groups in total.